The fourth-order valence-electron chi connectivity index (χ4n) is 3.63. The van der Waals surface area contributed by atoms with Crippen molar-refractivity contribution in [1.82, 2.24) is 15.5 Å². The van der Waals surface area contributed by atoms with Gasteiger partial charge in [0.2, 0.25) is 0 Å². The summed E-state index contributed by atoms with van der Waals surface area (Å²) in [4.78, 5) is 20.3. The molecule has 0 aromatic heterocycles. The van der Waals surface area contributed by atoms with Crippen molar-refractivity contribution >= 4 is 30.5 Å². The van der Waals surface area contributed by atoms with Crippen LogP contribution in [0.15, 0.2) is 0 Å². The molecule has 9 N–H and O–H groups in total. The Kier molecular flexibility index (Phi) is 6.21. The van der Waals surface area contributed by atoms with E-state index in [1.165, 1.54) is 23.6 Å². The molecule has 1 saturated heterocycles. The molecule has 3 aliphatic heterocycles. The summed E-state index contributed by atoms with van der Waals surface area (Å²) >= 11 is 2.83. The Labute approximate surface area is 163 Å². The van der Waals surface area contributed by atoms with Crippen LogP contribution in [0.5, 0.6) is 0 Å². The number of guanidine groups is 2. The Balaban J connectivity index is 0.00000136. The maximum atomic E-state index is 11.7. The van der Waals surface area contributed by atoms with Crippen LogP contribution >= 0.6 is 0 Å². The SMILES string of the molecule is CN(C)C(=O)OC[C@@H]1NC(N)=[N+]2C[C@H](OO[O-])C(O)(O)[C@@]23NC(N)=[NH+][C@@H]13.O=S. The van der Waals surface area contributed by atoms with E-state index < -0.39 is 35.7 Å². The number of carbonyl (C=O) groups excluding carboxylic acids is 1. The highest BCUT2D eigenvalue weighted by atomic mass is 32.1. The molecule has 0 aromatic rings. The Bertz CT molecular complexity index is 689. The van der Waals surface area contributed by atoms with Gasteiger partial charge in [0, 0.05) is 14.1 Å². The molecule has 15 nitrogen and oxygen atoms in total. The Morgan fingerprint density at radius 3 is 2.68 bits per heavy atom. The van der Waals surface area contributed by atoms with Crippen LogP contribution in [0.3, 0.4) is 0 Å². The Morgan fingerprint density at radius 1 is 1.46 bits per heavy atom. The summed E-state index contributed by atoms with van der Waals surface area (Å²) in [6, 6.07) is -1.51. The van der Waals surface area contributed by atoms with E-state index in [0.717, 1.165) is 0 Å². The van der Waals surface area contributed by atoms with Crippen molar-refractivity contribution in [2.24, 2.45) is 11.5 Å². The second-order valence-electron chi connectivity index (χ2n) is 6.52. The summed E-state index contributed by atoms with van der Waals surface area (Å²) in [6.45, 7) is -0.337. The second-order valence-corrected chi connectivity index (χ2v) is 6.52. The van der Waals surface area contributed by atoms with Crippen LogP contribution in [0, 0.1) is 0 Å². The highest BCUT2D eigenvalue weighted by Crippen LogP contribution is 2.38. The lowest BCUT2D eigenvalue weighted by molar-refractivity contribution is -0.808. The van der Waals surface area contributed by atoms with Crippen molar-refractivity contribution in [1.29, 1.82) is 0 Å². The van der Waals surface area contributed by atoms with Crippen molar-refractivity contribution in [3.05, 3.63) is 0 Å². The number of hydrogen-bond donors (Lipinski definition) is 7. The number of aliphatic hydroxyl groups is 2. The Morgan fingerprint density at radius 2 is 2.11 bits per heavy atom. The molecule has 0 bridgehead atoms. The fourth-order valence-corrected chi connectivity index (χ4v) is 3.63. The lowest BCUT2D eigenvalue weighted by Crippen LogP contribution is -2.91. The van der Waals surface area contributed by atoms with Gasteiger partial charge in [0.15, 0.2) is 24.7 Å². The number of ether oxygens (including phenoxy) is 1. The van der Waals surface area contributed by atoms with E-state index in [4.69, 9.17) is 20.4 Å². The highest BCUT2D eigenvalue weighted by Gasteiger charge is 2.78. The van der Waals surface area contributed by atoms with E-state index in [0.29, 0.717) is 0 Å². The molecule has 0 aliphatic carbocycles. The minimum absolute atomic E-state index is 0.0385. The second kappa shape index (κ2) is 7.94. The van der Waals surface area contributed by atoms with Crippen molar-refractivity contribution in [3.63, 3.8) is 0 Å². The first-order valence-corrected chi connectivity index (χ1v) is 8.23. The molecule has 4 atom stereocenters. The van der Waals surface area contributed by atoms with Gasteiger partial charge in [0.05, 0.1) is 0 Å². The van der Waals surface area contributed by atoms with Gasteiger partial charge >= 0.3 is 18.0 Å². The summed E-state index contributed by atoms with van der Waals surface area (Å²) in [5, 5.41) is 40.9. The van der Waals surface area contributed by atoms with Crippen molar-refractivity contribution < 1.29 is 48.7 Å². The van der Waals surface area contributed by atoms with Crippen LogP contribution in [0.2, 0.25) is 0 Å². The van der Waals surface area contributed by atoms with Crippen LogP contribution < -0.4 is 32.4 Å². The van der Waals surface area contributed by atoms with Gasteiger partial charge in [-0.05, 0) is 0 Å². The quantitative estimate of drug-likeness (QED) is 0.0965. The number of nitrogens with two attached hydrogens (primary N) is 2. The third kappa shape index (κ3) is 3.19. The molecule has 0 unspecified atom stereocenters. The molecule has 3 rings (SSSR count). The maximum Gasteiger partial charge on any atom is 0.409 e. The van der Waals surface area contributed by atoms with Gasteiger partial charge < -0.3 is 25.1 Å². The van der Waals surface area contributed by atoms with Crippen LogP contribution in [0.1, 0.15) is 0 Å². The first-order chi connectivity index (χ1) is 13.1. The van der Waals surface area contributed by atoms with Crippen LogP contribution in [0.25, 0.3) is 0 Å². The molecular weight excluding hydrogens is 402 g/mol. The Hall–Kier alpha value is -2.37. The van der Waals surface area contributed by atoms with Gasteiger partial charge in [-0.2, -0.15) is 4.21 Å². The molecule has 1 amide bonds. The molecule has 3 aliphatic rings. The maximum absolute atomic E-state index is 11.7. The molecule has 28 heavy (non-hydrogen) atoms. The number of nitrogens with zero attached hydrogens (tertiary/aromatic N) is 2. The van der Waals surface area contributed by atoms with E-state index >= 15 is 0 Å². The molecule has 16 heteroatoms. The minimum atomic E-state index is -2.63. The van der Waals surface area contributed by atoms with Gasteiger partial charge in [0.1, 0.15) is 19.2 Å². The van der Waals surface area contributed by atoms with Crippen molar-refractivity contribution in [2.45, 2.75) is 29.6 Å². The number of hydrogen-bond acceptors (Lipinski definition) is 13. The smallest absolute Gasteiger partial charge is 0.409 e. The predicted octanol–water partition coefficient (Wildman–Crippen LogP) is -8.00. The normalized spacial score (nSPS) is 32.0. The monoisotopic (exact) mass is 424 g/mol. The van der Waals surface area contributed by atoms with Crippen molar-refractivity contribution in [2.75, 3.05) is 27.2 Å². The molecule has 3 heterocycles. The zero-order valence-electron chi connectivity index (χ0n) is 14.9. The lowest BCUT2D eigenvalue weighted by Gasteiger charge is -2.40. The summed E-state index contributed by atoms with van der Waals surface area (Å²) in [5.41, 5.74) is 10.1. The topological polar surface area (TPSA) is 222 Å². The zero-order valence-corrected chi connectivity index (χ0v) is 15.8. The van der Waals surface area contributed by atoms with Crippen molar-refractivity contribution in [3.8, 4) is 0 Å². The van der Waals surface area contributed by atoms with E-state index in [-0.39, 0.29) is 25.1 Å². The first kappa shape index (κ1) is 21.9. The van der Waals surface area contributed by atoms with Crippen LogP contribution in [-0.4, -0.2) is 98.8 Å². The molecule has 1 spiro atoms. The molecule has 158 valence electrons. The first-order valence-electron chi connectivity index (χ1n) is 7.89. The van der Waals surface area contributed by atoms with E-state index in [1.807, 2.05) is 0 Å². The predicted molar refractivity (Wildman–Crippen MR) is 87.4 cm³/mol. The summed E-state index contributed by atoms with van der Waals surface area (Å²) in [7, 11) is 3.05. The largest absolute Gasteiger partial charge is 0.692 e. The average Bonchev–Trinajstić information content (AvgIpc) is 3.11. The molecule has 1 fully saturated rings. The summed E-state index contributed by atoms with van der Waals surface area (Å²) in [5.74, 6) is -2.55. The summed E-state index contributed by atoms with van der Waals surface area (Å²) < 4.78 is 14.4. The number of nitrogens with one attached hydrogen (secondary N) is 3. The van der Waals surface area contributed by atoms with Gasteiger partial charge in [-0.25, -0.2) is 19.6 Å². The van der Waals surface area contributed by atoms with Gasteiger partial charge in [-0.1, -0.05) is 0 Å². The zero-order chi connectivity index (χ0) is 21.3. The van der Waals surface area contributed by atoms with E-state index in [1.54, 1.807) is 0 Å². The number of rotatable bonds is 4. The van der Waals surface area contributed by atoms with Gasteiger partial charge in [-0.3, -0.25) is 26.8 Å². The van der Waals surface area contributed by atoms with Crippen LogP contribution in [-0.2, 0) is 27.2 Å². The molecule has 0 aromatic carbocycles. The minimum Gasteiger partial charge on any atom is -0.692 e. The summed E-state index contributed by atoms with van der Waals surface area (Å²) in [6.07, 6.45) is -2.04. The van der Waals surface area contributed by atoms with Gasteiger partial charge in [-0.15, -0.1) is 0 Å². The lowest BCUT2D eigenvalue weighted by atomic mass is 9.86. The molecule has 0 radical (unpaired) electrons. The fraction of sp³-hybridized carbons (Fsp3) is 0.750. The van der Waals surface area contributed by atoms with E-state index in [9.17, 15) is 20.3 Å². The average molecular weight is 424 g/mol. The third-order valence-electron chi connectivity index (χ3n) is 4.80. The molecule has 0 saturated carbocycles. The molecular formula is C12H22N7O8S+. The van der Waals surface area contributed by atoms with E-state index in [2.05, 4.69) is 38.1 Å². The number of carbonyl (C=O) groups is 1. The number of amides is 1. The standard InChI is InChI=1S/C12H21N7O7.OS/c1-18(2)10(20)24-4-5-7-11(17-8(13)16-7)12(21,22)6(25-26-23)3-19(11)9(14)15-5;1-2/h5-7,21-22H,3-4H2,1-2H3,(H6,13,14,15,16,17,23);/p+1/t5-,6-,7-,11-;/m0./s1. The highest BCUT2D eigenvalue weighted by molar-refractivity contribution is 7.44. The van der Waals surface area contributed by atoms with Crippen LogP contribution in [0.4, 0.5) is 4.79 Å². The van der Waals surface area contributed by atoms with Gasteiger partial charge in [0.25, 0.3) is 11.4 Å². The third-order valence-corrected chi connectivity index (χ3v) is 4.80.